The van der Waals surface area contributed by atoms with Crippen molar-refractivity contribution in [2.45, 2.75) is 51.9 Å². The molecule has 3 heterocycles. The Morgan fingerprint density at radius 2 is 1.78 bits per heavy atom. The number of nitrogens with zero attached hydrogens (tertiary/aromatic N) is 2. The number of aryl methyl sites for hydroxylation is 1. The van der Waals surface area contributed by atoms with Crippen LogP contribution in [0.1, 0.15) is 42.5 Å². The molecule has 0 saturated heterocycles. The fourth-order valence-corrected chi connectivity index (χ4v) is 4.31. The maximum absolute atomic E-state index is 13.2. The first kappa shape index (κ1) is 29.1. The lowest BCUT2D eigenvalue weighted by atomic mass is 10.0. The molecule has 3 aromatic rings. The Hall–Kier alpha value is -4.87. The normalized spacial score (nSPS) is 19.8. The van der Waals surface area contributed by atoms with Crippen molar-refractivity contribution >= 4 is 23.6 Å². The third-order valence-electron chi connectivity index (χ3n) is 6.77. The number of carbonyl (C=O) groups excluding carboxylic acids is 4. The van der Waals surface area contributed by atoms with E-state index in [-0.39, 0.29) is 30.2 Å². The number of fused-ring (bicyclic) bond motifs is 11. The molecule has 1 aromatic heterocycles. The van der Waals surface area contributed by atoms with E-state index in [9.17, 15) is 24.3 Å². The number of benzene rings is 2. The summed E-state index contributed by atoms with van der Waals surface area (Å²) in [5.74, 6) is -1.47. The van der Waals surface area contributed by atoms with Gasteiger partial charge in [0.1, 0.15) is 41.2 Å². The van der Waals surface area contributed by atoms with Crippen molar-refractivity contribution in [2.24, 2.45) is 13.0 Å². The lowest BCUT2D eigenvalue weighted by Crippen LogP contribution is -2.57. The number of rotatable bonds is 4. The molecular formula is C29H34N6O6. The Labute approximate surface area is 237 Å². The van der Waals surface area contributed by atoms with Crippen LogP contribution < -0.4 is 26.0 Å². The third kappa shape index (κ3) is 7.21. The molecule has 2 aliphatic heterocycles. The Kier molecular flexibility index (Phi) is 8.91. The zero-order valence-electron chi connectivity index (χ0n) is 23.3. The lowest BCUT2D eigenvalue weighted by Gasteiger charge is -2.25. The first-order chi connectivity index (χ1) is 19.5. The molecule has 216 valence electrons. The number of hydrogen-bond acceptors (Lipinski definition) is 7. The summed E-state index contributed by atoms with van der Waals surface area (Å²) in [6, 6.07) is 8.18. The van der Waals surface area contributed by atoms with Gasteiger partial charge in [0.25, 0.3) is 5.91 Å². The first-order valence-corrected chi connectivity index (χ1v) is 13.3. The molecule has 4 bridgehead atoms. The number of carbonyl (C=O) groups is 4. The maximum atomic E-state index is 13.2. The van der Waals surface area contributed by atoms with Crippen molar-refractivity contribution in [3.8, 4) is 17.2 Å². The topological polar surface area (TPSA) is 164 Å². The zero-order chi connectivity index (χ0) is 29.7. The van der Waals surface area contributed by atoms with Crippen LogP contribution >= 0.6 is 0 Å². The minimum absolute atomic E-state index is 0.0659. The molecule has 5 rings (SSSR count). The molecule has 3 atom stereocenters. The Morgan fingerprint density at radius 1 is 1.07 bits per heavy atom. The molecule has 12 heteroatoms. The molecule has 41 heavy (non-hydrogen) atoms. The van der Waals surface area contributed by atoms with Crippen LogP contribution in [0.5, 0.6) is 17.2 Å². The summed E-state index contributed by atoms with van der Waals surface area (Å²) in [7, 11) is 1.81. The van der Waals surface area contributed by atoms with E-state index in [1.807, 2.05) is 7.05 Å². The number of aromatic nitrogens is 2. The highest BCUT2D eigenvalue weighted by Gasteiger charge is 2.30. The van der Waals surface area contributed by atoms with Crippen molar-refractivity contribution in [1.29, 1.82) is 0 Å². The first-order valence-electron chi connectivity index (χ1n) is 13.3. The Balaban J connectivity index is 1.64. The van der Waals surface area contributed by atoms with Gasteiger partial charge in [-0.15, -0.1) is 0 Å². The van der Waals surface area contributed by atoms with Crippen LogP contribution in [0.15, 0.2) is 54.9 Å². The number of phenols is 1. The van der Waals surface area contributed by atoms with E-state index in [4.69, 9.17) is 4.74 Å². The number of aromatic hydroxyl groups is 1. The monoisotopic (exact) mass is 562 g/mol. The highest BCUT2D eigenvalue weighted by Crippen LogP contribution is 2.28. The summed E-state index contributed by atoms with van der Waals surface area (Å²) in [6.45, 7) is 5.14. The molecule has 0 radical (unpaired) electrons. The van der Waals surface area contributed by atoms with Gasteiger partial charge in [-0.1, -0.05) is 26.0 Å². The summed E-state index contributed by atoms with van der Waals surface area (Å²) in [6.07, 6.45) is 3.56. The number of hydrogen-bond donors (Lipinski definition) is 5. The average molecular weight is 563 g/mol. The number of phenolic OH excluding ortho intramolecular Hbond substituents is 1. The third-order valence-corrected chi connectivity index (χ3v) is 6.77. The average Bonchev–Trinajstić information content (AvgIpc) is 3.35. The van der Waals surface area contributed by atoms with Crippen molar-refractivity contribution < 1.29 is 29.0 Å². The summed E-state index contributed by atoms with van der Waals surface area (Å²) in [5, 5.41) is 21.2. The van der Waals surface area contributed by atoms with Crippen LogP contribution in [-0.4, -0.2) is 56.4 Å². The largest absolute Gasteiger partial charge is 0.507 e. The SMILES string of the molecule is CC(C)[C@@H]1NC(=O)c2cc(ccc2O)Oc2ccc(cc2)C[C@@H](C(=O)NCc2nccn2C)NC(=O)[C@H](C)NC1=O. The van der Waals surface area contributed by atoms with E-state index in [2.05, 4.69) is 26.3 Å². The van der Waals surface area contributed by atoms with Crippen LogP contribution in [0.4, 0.5) is 0 Å². The van der Waals surface area contributed by atoms with Gasteiger partial charge in [0.2, 0.25) is 17.7 Å². The summed E-state index contributed by atoms with van der Waals surface area (Å²) >= 11 is 0. The molecular weight excluding hydrogens is 528 g/mol. The second-order valence-electron chi connectivity index (χ2n) is 10.3. The molecule has 2 aromatic carbocycles. The smallest absolute Gasteiger partial charge is 0.255 e. The number of amides is 4. The maximum Gasteiger partial charge on any atom is 0.255 e. The summed E-state index contributed by atoms with van der Waals surface area (Å²) in [4.78, 5) is 56.8. The van der Waals surface area contributed by atoms with E-state index in [0.717, 1.165) is 5.56 Å². The van der Waals surface area contributed by atoms with Crippen LogP contribution in [0.25, 0.3) is 0 Å². The van der Waals surface area contributed by atoms with Gasteiger partial charge >= 0.3 is 0 Å². The molecule has 12 nitrogen and oxygen atoms in total. The van der Waals surface area contributed by atoms with E-state index in [1.54, 1.807) is 55.1 Å². The van der Waals surface area contributed by atoms with E-state index in [1.165, 1.54) is 25.1 Å². The highest BCUT2D eigenvalue weighted by atomic mass is 16.5. The Bertz CT molecular complexity index is 1430. The van der Waals surface area contributed by atoms with Crippen molar-refractivity contribution in [1.82, 2.24) is 30.8 Å². The minimum Gasteiger partial charge on any atom is -0.507 e. The van der Waals surface area contributed by atoms with Crippen molar-refractivity contribution in [3.05, 3.63) is 71.8 Å². The van der Waals surface area contributed by atoms with Gasteiger partial charge in [-0.05, 0) is 48.7 Å². The number of imidazole rings is 1. The van der Waals surface area contributed by atoms with E-state index >= 15 is 0 Å². The van der Waals surface area contributed by atoms with Gasteiger partial charge in [0.05, 0.1) is 12.1 Å². The van der Waals surface area contributed by atoms with Crippen LogP contribution in [0.2, 0.25) is 0 Å². The van der Waals surface area contributed by atoms with Crippen LogP contribution in [0.3, 0.4) is 0 Å². The molecule has 0 fully saturated rings. The molecule has 0 spiro atoms. The standard InChI is InChI=1S/C29H34N6O6/c1-16(2)25-29(40)32-17(3)26(37)33-22(28(39)31-15-24-30-11-12-35(24)4)13-18-5-7-19(8-6-18)41-20-9-10-23(36)21(14-20)27(38)34-25/h5-12,14,16-17,22,25,36H,13,15H2,1-4H3,(H,31,39)(H,32,40)(H,33,37)(H,34,38)/t17-,22-,25-/m0/s1. The van der Waals surface area contributed by atoms with Gasteiger partial charge < -0.3 is 35.7 Å². The zero-order valence-corrected chi connectivity index (χ0v) is 23.3. The molecule has 0 saturated carbocycles. The fraction of sp³-hybridized carbons (Fsp3) is 0.345. The van der Waals surface area contributed by atoms with Gasteiger partial charge in [0.15, 0.2) is 0 Å². The molecule has 2 aliphatic rings. The van der Waals surface area contributed by atoms with Crippen molar-refractivity contribution in [3.63, 3.8) is 0 Å². The van der Waals surface area contributed by atoms with Crippen LogP contribution in [-0.2, 0) is 34.4 Å². The quantitative estimate of drug-likeness (QED) is 0.301. The second kappa shape index (κ2) is 12.5. The van der Waals surface area contributed by atoms with Gasteiger partial charge in [-0.3, -0.25) is 19.2 Å². The lowest BCUT2D eigenvalue weighted by molar-refractivity contribution is -0.132. The van der Waals surface area contributed by atoms with Gasteiger partial charge in [-0.2, -0.15) is 0 Å². The molecule has 0 unspecified atom stereocenters. The Morgan fingerprint density at radius 3 is 2.44 bits per heavy atom. The van der Waals surface area contributed by atoms with E-state index in [0.29, 0.717) is 17.3 Å². The molecule has 0 aliphatic carbocycles. The minimum atomic E-state index is -1.02. The van der Waals surface area contributed by atoms with Gasteiger partial charge in [-0.25, -0.2) is 4.98 Å². The second-order valence-corrected chi connectivity index (χ2v) is 10.3. The van der Waals surface area contributed by atoms with Crippen molar-refractivity contribution in [2.75, 3.05) is 0 Å². The molecule has 5 N–H and O–H groups in total. The predicted molar refractivity (Wildman–Crippen MR) is 149 cm³/mol. The summed E-state index contributed by atoms with van der Waals surface area (Å²) < 4.78 is 7.66. The highest BCUT2D eigenvalue weighted by molar-refractivity contribution is 6.00. The number of nitrogens with one attached hydrogen (secondary N) is 4. The molecule has 4 amide bonds. The summed E-state index contributed by atoms with van der Waals surface area (Å²) in [5.41, 5.74) is 0.683. The van der Waals surface area contributed by atoms with Crippen LogP contribution in [0, 0.1) is 5.92 Å². The predicted octanol–water partition coefficient (Wildman–Crippen LogP) is 1.53. The van der Waals surface area contributed by atoms with Gasteiger partial charge in [0, 0.05) is 25.9 Å². The fourth-order valence-electron chi connectivity index (χ4n) is 4.31. The number of ether oxygens (including phenoxy) is 1. The van der Waals surface area contributed by atoms with E-state index < -0.39 is 41.8 Å².